The molecule has 0 spiro atoms. The smallest absolute Gasteiger partial charge is 0.417 e. The Morgan fingerprint density at radius 1 is 1.30 bits per heavy atom. The van der Waals surface area contributed by atoms with Gasteiger partial charge in [-0.3, -0.25) is 4.79 Å². The minimum Gasteiger partial charge on any atom is -0.443 e. The Bertz CT molecular complexity index is 519. The molecule has 4 nitrogen and oxygen atoms in total. The molecule has 0 bridgehead atoms. The number of likely N-dealkylation sites (tertiary alicyclic amines) is 1. The van der Waals surface area contributed by atoms with E-state index in [9.17, 15) is 9.59 Å². The van der Waals surface area contributed by atoms with E-state index >= 15 is 0 Å². The molecule has 1 saturated heterocycles. The Morgan fingerprint density at radius 2 is 1.90 bits per heavy atom. The zero-order valence-corrected chi connectivity index (χ0v) is 12.6. The summed E-state index contributed by atoms with van der Waals surface area (Å²) in [6, 6.07) is 7.35. The first kappa shape index (κ1) is 14.9. The van der Waals surface area contributed by atoms with Crippen molar-refractivity contribution in [3.8, 4) is 0 Å². The largest absolute Gasteiger partial charge is 0.443 e. The normalized spacial score (nSPS) is 19.3. The highest BCUT2D eigenvalue weighted by molar-refractivity contribution is 6.30. The van der Waals surface area contributed by atoms with Gasteiger partial charge in [0.25, 0.3) is 0 Å². The summed E-state index contributed by atoms with van der Waals surface area (Å²) in [6.45, 7) is 5.70. The third-order valence-corrected chi connectivity index (χ3v) is 3.33. The van der Waals surface area contributed by atoms with Crippen LogP contribution in [0.4, 0.5) is 4.79 Å². The lowest BCUT2D eigenvalue weighted by atomic mass is 9.98. The summed E-state index contributed by atoms with van der Waals surface area (Å²) in [5.41, 5.74) is 0.407. The fourth-order valence-electron chi connectivity index (χ4n) is 2.16. The van der Waals surface area contributed by atoms with E-state index in [1.807, 2.05) is 12.1 Å². The van der Waals surface area contributed by atoms with Crippen LogP contribution in [0.25, 0.3) is 0 Å². The van der Waals surface area contributed by atoms with Crippen LogP contribution < -0.4 is 0 Å². The number of carbonyl (C=O) groups is 2. The van der Waals surface area contributed by atoms with Crippen molar-refractivity contribution in [2.45, 2.75) is 38.7 Å². The van der Waals surface area contributed by atoms with Gasteiger partial charge in [-0.05, 0) is 38.5 Å². The number of benzene rings is 1. The van der Waals surface area contributed by atoms with Crippen LogP contribution in [0.15, 0.2) is 24.3 Å². The summed E-state index contributed by atoms with van der Waals surface area (Å²) >= 11 is 5.85. The predicted octanol–water partition coefficient (Wildman–Crippen LogP) is 3.59. The quantitative estimate of drug-likeness (QED) is 0.795. The average molecular weight is 296 g/mol. The molecule has 0 radical (unpaired) electrons. The number of halogens is 1. The number of imide groups is 1. The number of amides is 2. The molecule has 2 rings (SSSR count). The fraction of sp³-hybridized carbons (Fsp3) is 0.467. The highest BCUT2D eigenvalue weighted by Crippen LogP contribution is 2.29. The number of hydrogen-bond donors (Lipinski definition) is 0. The third kappa shape index (κ3) is 3.51. The lowest BCUT2D eigenvalue weighted by Crippen LogP contribution is -2.37. The maximum Gasteiger partial charge on any atom is 0.417 e. The molecule has 1 unspecified atom stereocenters. The van der Waals surface area contributed by atoms with Gasteiger partial charge < -0.3 is 4.74 Å². The van der Waals surface area contributed by atoms with Crippen LogP contribution in [0.5, 0.6) is 0 Å². The standard InChI is InChI=1S/C15H18ClNO3/c1-15(2,3)20-14(19)17-9-11(8-13(17)18)10-4-6-12(16)7-5-10/h4-7,11H,8-9H2,1-3H3. The van der Waals surface area contributed by atoms with Crippen LogP contribution >= 0.6 is 11.6 Å². The molecule has 1 aromatic rings. The molecular weight excluding hydrogens is 278 g/mol. The Kier molecular flexibility index (Phi) is 4.04. The first-order valence-electron chi connectivity index (χ1n) is 6.55. The second-order valence-corrected chi connectivity index (χ2v) is 6.37. The third-order valence-electron chi connectivity index (χ3n) is 3.08. The molecule has 0 aliphatic carbocycles. The first-order chi connectivity index (χ1) is 9.26. The molecule has 5 heteroatoms. The van der Waals surface area contributed by atoms with E-state index in [4.69, 9.17) is 16.3 Å². The van der Waals surface area contributed by atoms with E-state index in [0.717, 1.165) is 5.56 Å². The van der Waals surface area contributed by atoms with Crippen molar-refractivity contribution < 1.29 is 14.3 Å². The summed E-state index contributed by atoms with van der Waals surface area (Å²) in [6.07, 6.45) is -0.250. The Balaban J connectivity index is 2.07. The highest BCUT2D eigenvalue weighted by Gasteiger charge is 2.36. The molecule has 1 heterocycles. The van der Waals surface area contributed by atoms with Gasteiger partial charge in [-0.2, -0.15) is 0 Å². The molecule has 2 amide bonds. The number of carbonyl (C=O) groups excluding carboxylic acids is 2. The average Bonchev–Trinajstić information content (AvgIpc) is 2.70. The van der Waals surface area contributed by atoms with Crippen LogP contribution in [0.1, 0.15) is 38.7 Å². The van der Waals surface area contributed by atoms with Crippen molar-refractivity contribution in [3.05, 3.63) is 34.9 Å². The SMILES string of the molecule is CC(C)(C)OC(=O)N1CC(c2ccc(Cl)cc2)CC1=O. The fourth-order valence-corrected chi connectivity index (χ4v) is 2.29. The molecule has 1 aliphatic rings. The molecule has 1 atom stereocenters. The van der Waals surface area contributed by atoms with E-state index in [-0.39, 0.29) is 11.8 Å². The van der Waals surface area contributed by atoms with Crippen molar-refractivity contribution in [1.29, 1.82) is 0 Å². The molecule has 0 aromatic heterocycles. The highest BCUT2D eigenvalue weighted by atomic mass is 35.5. The molecule has 0 N–H and O–H groups in total. The van der Waals surface area contributed by atoms with Gasteiger partial charge >= 0.3 is 6.09 Å². The summed E-state index contributed by atoms with van der Waals surface area (Å²) in [4.78, 5) is 25.1. The molecule has 1 aromatic carbocycles. The van der Waals surface area contributed by atoms with E-state index in [1.165, 1.54) is 4.90 Å². The maximum atomic E-state index is 12.0. The van der Waals surface area contributed by atoms with Gasteiger partial charge in [-0.1, -0.05) is 23.7 Å². The van der Waals surface area contributed by atoms with Gasteiger partial charge in [0.05, 0.1) is 0 Å². The van der Waals surface area contributed by atoms with Crippen molar-refractivity contribution >= 4 is 23.6 Å². The Labute approximate surface area is 123 Å². The van der Waals surface area contributed by atoms with Gasteiger partial charge in [0.1, 0.15) is 5.60 Å². The van der Waals surface area contributed by atoms with Crippen molar-refractivity contribution in [3.63, 3.8) is 0 Å². The van der Waals surface area contributed by atoms with E-state index < -0.39 is 11.7 Å². The van der Waals surface area contributed by atoms with E-state index in [1.54, 1.807) is 32.9 Å². The van der Waals surface area contributed by atoms with Crippen LogP contribution in [0.2, 0.25) is 5.02 Å². The second-order valence-electron chi connectivity index (χ2n) is 5.94. The molecule has 1 fully saturated rings. The number of rotatable bonds is 1. The predicted molar refractivity (Wildman–Crippen MR) is 76.8 cm³/mol. The minimum absolute atomic E-state index is 0.00675. The van der Waals surface area contributed by atoms with Crippen molar-refractivity contribution in [2.75, 3.05) is 6.54 Å². The van der Waals surface area contributed by atoms with Gasteiger partial charge in [0.15, 0.2) is 0 Å². The van der Waals surface area contributed by atoms with Crippen molar-refractivity contribution in [2.24, 2.45) is 0 Å². The summed E-state index contributed by atoms with van der Waals surface area (Å²) < 4.78 is 5.24. The Hall–Kier alpha value is -1.55. The van der Waals surface area contributed by atoms with Crippen LogP contribution in [0.3, 0.4) is 0 Å². The Morgan fingerprint density at radius 3 is 2.45 bits per heavy atom. The molecular formula is C15H18ClNO3. The summed E-state index contributed by atoms with van der Waals surface area (Å²) in [5, 5.41) is 0.655. The monoisotopic (exact) mass is 295 g/mol. The number of ether oxygens (including phenoxy) is 1. The molecule has 1 aliphatic heterocycles. The first-order valence-corrected chi connectivity index (χ1v) is 6.93. The van der Waals surface area contributed by atoms with Crippen LogP contribution in [-0.4, -0.2) is 29.0 Å². The lowest BCUT2D eigenvalue weighted by Gasteiger charge is -2.23. The van der Waals surface area contributed by atoms with E-state index in [2.05, 4.69) is 0 Å². The van der Waals surface area contributed by atoms with Crippen LogP contribution in [-0.2, 0) is 9.53 Å². The zero-order chi connectivity index (χ0) is 14.9. The molecule has 108 valence electrons. The number of hydrogen-bond acceptors (Lipinski definition) is 3. The summed E-state index contributed by atoms with van der Waals surface area (Å²) in [5.74, 6) is -0.188. The van der Waals surface area contributed by atoms with Crippen LogP contribution in [0, 0.1) is 0 Å². The lowest BCUT2D eigenvalue weighted by molar-refractivity contribution is -0.126. The minimum atomic E-state index is -0.601. The number of nitrogens with zero attached hydrogens (tertiary/aromatic N) is 1. The maximum absolute atomic E-state index is 12.0. The van der Waals surface area contributed by atoms with Crippen molar-refractivity contribution in [1.82, 2.24) is 4.90 Å². The summed E-state index contributed by atoms with van der Waals surface area (Å²) in [7, 11) is 0. The second kappa shape index (κ2) is 5.44. The van der Waals surface area contributed by atoms with Gasteiger partial charge in [-0.15, -0.1) is 0 Å². The van der Waals surface area contributed by atoms with E-state index in [0.29, 0.717) is 18.0 Å². The zero-order valence-electron chi connectivity index (χ0n) is 11.9. The topological polar surface area (TPSA) is 46.6 Å². The van der Waals surface area contributed by atoms with Gasteiger partial charge in [0.2, 0.25) is 5.91 Å². The molecule has 20 heavy (non-hydrogen) atoms. The van der Waals surface area contributed by atoms with Gasteiger partial charge in [0, 0.05) is 23.9 Å². The van der Waals surface area contributed by atoms with Gasteiger partial charge in [-0.25, -0.2) is 9.69 Å². The molecule has 0 saturated carbocycles.